The lowest BCUT2D eigenvalue weighted by atomic mass is 10.6. The van der Waals surface area contributed by atoms with Gasteiger partial charge in [-0.2, -0.15) is 0 Å². The van der Waals surface area contributed by atoms with Crippen LogP contribution in [0.4, 0.5) is 0 Å². The summed E-state index contributed by atoms with van der Waals surface area (Å²) in [5, 5.41) is 3.80. The number of hydrogen-bond donors (Lipinski definition) is 0. The summed E-state index contributed by atoms with van der Waals surface area (Å²) in [5.74, 6) is 0. The van der Waals surface area contributed by atoms with Crippen LogP contribution in [-0.4, -0.2) is 4.21 Å². The molecule has 0 bridgehead atoms. The van der Waals surface area contributed by atoms with E-state index in [4.69, 9.17) is 0 Å². The van der Waals surface area contributed by atoms with Crippen molar-refractivity contribution < 1.29 is 4.21 Å². The summed E-state index contributed by atoms with van der Waals surface area (Å²) in [6.45, 7) is 0. The van der Waals surface area contributed by atoms with Crippen molar-refractivity contribution in [2.24, 2.45) is 0 Å². The molecule has 0 atom stereocenters. The van der Waals surface area contributed by atoms with Crippen LogP contribution in [0, 0.1) is 0 Å². The van der Waals surface area contributed by atoms with Gasteiger partial charge in [-0.15, -0.1) is 0 Å². The molecule has 0 aromatic rings. The first kappa shape index (κ1) is 5.00. The van der Waals surface area contributed by atoms with Gasteiger partial charge in [-0.1, -0.05) is 12.2 Å². The van der Waals surface area contributed by atoms with Crippen molar-refractivity contribution in [3.8, 4) is 0 Å². The van der Waals surface area contributed by atoms with E-state index >= 15 is 0 Å². The van der Waals surface area contributed by atoms with Crippen molar-refractivity contribution >= 4 is 19.7 Å². The van der Waals surface area contributed by atoms with Gasteiger partial charge in [0.1, 0.15) is 10.2 Å². The molecule has 0 fully saturated rings. The number of hydrogen-bond acceptors (Lipinski definition) is 1. The summed E-state index contributed by atoms with van der Waals surface area (Å²) >= 11 is 0. The number of rotatable bonds is 0. The van der Waals surface area contributed by atoms with E-state index < -0.39 is 0 Å². The van der Waals surface area contributed by atoms with Crippen LogP contribution >= 0.6 is 0 Å². The minimum Gasteiger partial charge on any atom is -0.205 e. The normalized spacial score (nSPS) is 18.3. The molecular weight excluding hydrogens is 128 g/mol. The third-order valence-electron chi connectivity index (χ3n) is 0.615. The SMILES string of the molecule is O=S=S1C=CC=C1. The van der Waals surface area contributed by atoms with E-state index in [-0.39, 0.29) is 9.45 Å². The van der Waals surface area contributed by atoms with Crippen molar-refractivity contribution in [1.82, 2.24) is 0 Å². The summed E-state index contributed by atoms with van der Waals surface area (Å²) < 4.78 is 9.96. The lowest BCUT2D eigenvalue weighted by molar-refractivity contribution is 0.701. The summed E-state index contributed by atoms with van der Waals surface area (Å²) in [6, 6.07) is 0. The van der Waals surface area contributed by atoms with Crippen LogP contribution in [0.3, 0.4) is 0 Å². The van der Waals surface area contributed by atoms with Crippen LogP contribution in [0.1, 0.15) is 0 Å². The minimum atomic E-state index is -0.134. The van der Waals surface area contributed by atoms with Gasteiger partial charge in [0.15, 0.2) is 0 Å². The zero-order valence-electron chi connectivity index (χ0n) is 3.53. The van der Waals surface area contributed by atoms with Gasteiger partial charge >= 0.3 is 0 Å². The van der Waals surface area contributed by atoms with E-state index in [0.29, 0.717) is 10.2 Å². The summed E-state index contributed by atoms with van der Waals surface area (Å²) in [5.41, 5.74) is 0. The zero-order valence-corrected chi connectivity index (χ0v) is 5.17. The maximum absolute atomic E-state index is 9.96. The maximum atomic E-state index is 9.96. The average molecular weight is 132 g/mol. The highest BCUT2D eigenvalue weighted by molar-refractivity contribution is 8.34. The molecule has 0 amide bonds. The first-order valence-corrected chi connectivity index (χ1v) is 4.41. The smallest absolute Gasteiger partial charge is 0.129 e. The van der Waals surface area contributed by atoms with Crippen LogP contribution in [0.2, 0.25) is 0 Å². The molecule has 0 aromatic carbocycles. The Morgan fingerprint density at radius 1 is 1.29 bits per heavy atom. The monoisotopic (exact) mass is 132 g/mol. The Balaban J connectivity index is 3.00. The zero-order chi connectivity index (χ0) is 5.11. The highest BCUT2D eigenvalue weighted by Gasteiger charge is 1.84. The van der Waals surface area contributed by atoms with Crippen LogP contribution in [0.15, 0.2) is 23.0 Å². The van der Waals surface area contributed by atoms with Gasteiger partial charge in [-0.05, 0) is 20.3 Å². The number of allylic oxidation sites excluding steroid dienone is 2. The highest BCUT2D eigenvalue weighted by Crippen LogP contribution is 1.97. The van der Waals surface area contributed by atoms with Gasteiger partial charge < -0.3 is 0 Å². The molecule has 1 aliphatic heterocycles. The Bertz CT molecular complexity index is 160. The molecule has 3 heteroatoms. The second-order valence-electron chi connectivity index (χ2n) is 1.05. The molecule has 0 saturated heterocycles. The van der Waals surface area contributed by atoms with Crippen LogP contribution in [0.5, 0.6) is 0 Å². The van der Waals surface area contributed by atoms with E-state index in [1.54, 1.807) is 0 Å². The van der Waals surface area contributed by atoms with Crippen LogP contribution < -0.4 is 0 Å². The second kappa shape index (κ2) is 2.23. The first-order valence-electron chi connectivity index (χ1n) is 1.80. The third-order valence-corrected chi connectivity index (χ3v) is 2.76. The standard InChI is InChI=1S/C4H4OS2/c5-6-7-3-1-2-4-7/h1-4H. The van der Waals surface area contributed by atoms with Crippen molar-refractivity contribution in [3.05, 3.63) is 23.0 Å². The van der Waals surface area contributed by atoms with Crippen molar-refractivity contribution in [1.29, 1.82) is 0 Å². The molecule has 0 radical (unpaired) electrons. The first-order chi connectivity index (χ1) is 3.43. The average Bonchev–Trinajstić information content (AvgIpc) is 2.14. The molecule has 1 aliphatic rings. The Morgan fingerprint density at radius 3 is 2.14 bits per heavy atom. The summed E-state index contributed by atoms with van der Waals surface area (Å²) in [6.07, 6.45) is 3.79. The molecule has 38 valence electrons. The van der Waals surface area contributed by atoms with Gasteiger partial charge in [-0.3, -0.25) is 0 Å². The van der Waals surface area contributed by atoms with E-state index in [1.807, 2.05) is 23.0 Å². The summed E-state index contributed by atoms with van der Waals surface area (Å²) in [4.78, 5) is 0. The van der Waals surface area contributed by atoms with Crippen LogP contribution in [0.25, 0.3) is 0 Å². The maximum Gasteiger partial charge on any atom is 0.129 e. The summed E-state index contributed by atoms with van der Waals surface area (Å²) in [7, 11) is 0.502. The fourth-order valence-electron chi connectivity index (χ4n) is 0.336. The lowest BCUT2D eigenvalue weighted by Gasteiger charge is -1.71. The molecule has 0 aromatic heterocycles. The largest absolute Gasteiger partial charge is 0.205 e. The Labute approximate surface area is 47.4 Å². The van der Waals surface area contributed by atoms with Crippen molar-refractivity contribution in [3.63, 3.8) is 0 Å². The molecule has 0 spiro atoms. The van der Waals surface area contributed by atoms with Crippen molar-refractivity contribution in [2.75, 3.05) is 0 Å². The van der Waals surface area contributed by atoms with E-state index in [0.717, 1.165) is 0 Å². The van der Waals surface area contributed by atoms with Gasteiger partial charge in [0, 0.05) is 0 Å². The second-order valence-corrected chi connectivity index (χ2v) is 3.95. The van der Waals surface area contributed by atoms with E-state index in [9.17, 15) is 4.21 Å². The molecule has 0 saturated carbocycles. The highest BCUT2D eigenvalue weighted by atomic mass is 32.8. The molecule has 0 unspecified atom stereocenters. The van der Waals surface area contributed by atoms with E-state index in [2.05, 4.69) is 0 Å². The topological polar surface area (TPSA) is 17.1 Å². The van der Waals surface area contributed by atoms with Crippen molar-refractivity contribution in [2.45, 2.75) is 0 Å². The van der Waals surface area contributed by atoms with Gasteiger partial charge in [0.25, 0.3) is 0 Å². The quantitative estimate of drug-likeness (QED) is 0.476. The fraction of sp³-hybridized carbons (Fsp3) is 0. The lowest BCUT2D eigenvalue weighted by Crippen LogP contribution is -1.64. The van der Waals surface area contributed by atoms with Crippen LogP contribution in [-0.2, 0) is 19.7 Å². The molecular formula is C4H4OS2. The molecule has 1 rings (SSSR count). The Hall–Kier alpha value is -0.150. The minimum absolute atomic E-state index is 0.134. The molecule has 1 heterocycles. The predicted octanol–water partition coefficient (Wildman–Crippen LogP) is 0.774. The fourth-order valence-corrected chi connectivity index (χ4v) is 1.67. The molecule has 0 N–H and O–H groups in total. The predicted molar refractivity (Wildman–Crippen MR) is 33.8 cm³/mol. The van der Waals surface area contributed by atoms with E-state index in [1.165, 1.54) is 0 Å². The third kappa shape index (κ3) is 1.11. The molecule has 0 aliphatic carbocycles. The Morgan fingerprint density at radius 2 is 1.86 bits per heavy atom. The van der Waals surface area contributed by atoms with Gasteiger partial charge in [0.05, 0.1) is 0 Å². The molecule has 1 nitrogen and oxygen atoms in total. The molecule has 7 heavy (non-hydrogen) atoms. The van der Waals surface area contributed by atoms with Gasteiger partial charge in [0.2, 0.25) is 0 Å². The Kier molecular flexibility index (Phi) is 1.59. The van der Waals surface area contributed by atoms with Gasteiger partial charge in [-0.25, -0.2) is 4.21 Å².